The fourth-order valence-corrected chi connectivity index (χ4v) is 2.92. The van der Waals surface area contributed by atoms with Crippen molar-refractivity contribution in [2.24, 2.45) is 0 Å². The lowest BCUT2D eigenvalue weighted by molar-refractivity contribution is -0.112. The first-order valence-corrected chi connectivity index (χ1v) is 8.98. The molecule has 3 aromatic rings. The monoisotopic (exact) mass is 371 g/mol. The lowest BCUT2D eigenvalue weighted by atomic mass is 10.2. The zero-order valence-electron chi connectivity index (χ0n) is 13.3. The number of aromatic nitrogens is 2. The van der Waals surface area contributed by atoms with Gasteiger partial charge in [0.1, 0.15) is 0 Å². The maximum absolute atomic E-state index is 12.0. The van der Waals surface area contributed by atoms with Gasteiger partial charge in [0.2, 0.25) is 0 Å². The van der Waals surface area contributed by atoms with Crippen LogP contribution in [-0.2, 0) is 4.79 Å². The van der Waals surface area contributed by atoms with E-state index in [-0.39, 0.29) is 11.9 Å². The Morgan fingerprint density at radius 3 is 2.72 bits per heavy atom. The quantitative estimate of drug-likeness (QED) is 0.517. The Morgan fingerprint density at radius 1 is 1.16 bits per heavy atom. The smallest absolute Gasteiger partial charge is 0.322 e. The third kappa shape index (κ3) is 4.29. The number of hydrogen-bond acceptors (Lipinski definition) is 5. The minimum Gasteiger partial charge on any atom is -0.403 e. The normalized spacial score (nSPS) is 11.0. The van der Waals surface area contributed by atoms with Crippen molar-refractivity contribution in [3.05, 3.63) is 65.2 Å². The van der Waals surface area contributed by atoms with Gasteiger partial charge < -0.3 is 4.42 Å². The lowest BCUT2D eigenvalue weighted by Crippen LogP contribution is -2.07. The van der Waals surface area contributed by atoms with Gasteiger partial charge in [0.05, 0.1) is 5.56 Å². The van der Waals surface area contributed by atoms with Crippen LogP contribution in [0.25, 0.3) is 17.5 Å². The average Bonchev–Trinajstić information content (AvgIpc) is 3.09. The number of thioether (sulfide) groups is 1. The molecule has 0 radical (unpaired) electrons. The van der Waals surface area contributed by atoms with E-state index in [0.717, 1.165) is 16.0 Å². The van der Waals surface area contributed by atoms with Crippen molar-refractivity contribution in [3.8, 4) is 11.5 Å². The Kier molecular flexibility index (Phi) is 5.53. The number of carbonyl (C=O) groups is 1. The van der Waals surface area contributed by atoms with Crippen LogP contribution in [-0.4, -0.2) is 22.4 Å². The topological polar surface area (TPSA) is 68.0 Å². The van der Waals surface area contributed by atoms with E-state index in [9.17, 15) is 4.79 Å². The molecule has 0 bridgehead atoms. The van der Waals surface area contributed by atoms with E-state index in [0.29, 0.717) is 10.9 Å². The van der Waals surface area contributed by atoms with E-state index in [1.165, 1.54) is 6.08 Å². The second-order valence-corrected chi connectivity index (χ2v) is 6.21. The summed E-state index contributed by atoms with van der Waals surface area (Å²) in [5.74, 6) is -0.0244. The van der Waals surface area contributed by atoms with Gasteiger partial charge in [0.15, 0.2) is 0 Å². The second-order valence-electron chi connectivity index (χ2n) is 4.96. The number of benzene rings is 2. The Hall–Kier alpha value is -2.57. The second kappa shape index (κ2) is 8.00. The van der Waals surface area contributed by atoms with Gasteiger partial charge in [-0.15, -0.1) is 16.9 Å². The van der Waals surface area contributed by atoms with Crippen molar-refractivity contribution < 1.29 is 9.21 Å². The highest BCUT2D eigenvalue weighted by Gasteiger charge is 2.13. The Balaban J connectivity index is 1.71. The molecule has 0 aliphatic carbocycles. The van der Waals surface area contributed by atoms with Gasteiger partial charge >= 0.3 is 6.01 Å². The van der Waals surface area contributed by atoms with E-state index in [4.69, 9.17) is 16.0 Å². The van der Waals surface area contributed by atoms with E-state index in [2.05, 4.69) is 15.5 Å². The van der Waals surface area contributed by atoms with Gasteiger partial charge in [0.25, 0.3) is 11.8 Å². The van der Waals surface area contributed by atoms with Crippen molar-refractivity contribution in [2.45, 2.75) is 4.90 Å². The predicted molar refractivity (Wildman–Crippen MR) is 101 cm³/mol. The van der Waals surface area contributed by atoms with Gasteiger partial charge in [0, 0.05) is 16.0 Å². The summed E-state index contributed by atoms with van der Waals surface area (Å²) in [4.78, 5) is 13.0. The zero-order valence-corrected chi connectivity index (χ0v) is 14.8. The molecule has 0 atom stereocenters. The van der Waals surface area contributed by atoms with Crippen LogP contribution in [0.15, 0.2) is 63.9 Å². The summed E-state index contributed by atoms with van der Waals surface area (Å²) in [6, 6.07) is 15.0. The molecule has 1 heterocycles. The standard InChI is InChI=1S/C18H14ClN3O2S/c1-25-15-9-5-3-7-13(15)17-21-22-18(24-17)20-16(23)11-10-12-6-2-4-8-14(12)19/h2-11H,1H3,(H,20,22,23)/b11-10+. The van der Waals surface area contributed by atoms with E-state index >= 15 is 0 Å². The highest BCUT2D eigenvalue weighted by Crippen LogP contribution is 2.29. The molecule has 1 amide bonds. The van der Waals surface area contributed by atoms with Crippen LogP contribution in [0.4, 0.5) is 6.01 Å². The molecule has 5 nitrogen and oxygen atoms in total. The molecule has 0 spiro atoms. The van der Waals surface area contributed by atoms with Crippen molar-refractivity contribution in [3.63, 3.8) is 0 Å². The minimum atomic E-state index is -0.381. The largest absolute Gasteiger partial charge is 0.403 e. The van der Waals surface area contributed by atoms with Gasteiger partial charge in [-0.3, -0.25) is 10.1 Å². The Morgan fingerprint density at radius 2 is 1.92 bits per heavy atom. The molecule has 1 aromatic heterocycles. The molecule has 126 valence electrons. The first kappa shape index (κ1) is 17.3. The van der Waals surface area contributed by atoms with Gasteiger partial charge in [-0.2, -0.15) is 0 Å². The van der Waals surface area contributed by atoms with Gasteiger partial charge in [-0.1, -0.05) is 47.0 Å². The fraction of sp³-hybridized carbons (Fsp3) is 0.0556. The molecule has 0 saturated heterocycles. The number of rotatable bonds is 5. The predicted octanol–water partition coefficient (Wildman–Crippen LogP) is 4.76. The summed E-state index contributed by atoms with van der Waals surface area (Å²) < 4.78 is 5.53. The van der Waals surface area contributed by atoms with Crippen LogP contribution in [0.5, 0.6) is 0 Å². The number of carbonyl (C=O) groups excluding carboxylic acids is 1. The van der Waals surface area contributed by atoms with E-state index < -0.39 is 0 Å². The Bertz CT molecular complexity index is 924. The molecular weight excluding hydrogens is 358 g/mol. The molecule has 0 fully saturated rings. The van der Waals surface area contributed by atoms with Crippen LogP contribution in [0, 0.1) is 0 Å². The highest BCUT2D eigenvalue weighted by molar-refractivity contribution is 7.98. The molecule has 0 aliphatic rings. The van der Waals surface area contributed by atoms with Crippen LogP contribution < -0.4 is 5.32 Å². The maximum atomic E-state index is 12.0. The molecule has 3 rings (SSSR count). The number of nitrogens with zero attached hydrogens (tertiary/aromatic N) is 2. The third-order valence-electron chi connectivity index (χ3n) is 3.31. The summed E-state index contributed by atoms with van der Waals surface area (Å²) in [5.41, 5.74) is 1.58. The number of hydrogen-bond donors (Lipinski definition) is 1. The molecule has 0 unspecified atom stereocenters. The molecule has 0 aliphatic heterocycles. The van der Waals surface area contributed by atoms with Gasteiger partial charge in [-0.25, -0.2) is 0 Å². The van der Waals surface area contributed by atoms with Crippen LogP contribution >= 0.6 is 23.4 Å². The van der Waals surface area contributed by atoms with E-state index in [1.54, 1.807) is 23.9 Å². The minimum absolute atomic E-state index is 0.0414. The summed E-state index contributed by atoms with van der Waals surface area (Å²) in [6.07, 6.45) is 4.95. The number of nitrogens with one attached hydrogen (secondary N) is 1. The summed E-state index contributed by atoms with van der Waals surface area (Å²) in [6.45, 7) is 0. The van der Waals surface area contributed by atoms with Gasteiger partial charge in [-0.05, 0) is 36.1 Å². The Labute approximate surface area is 154 Å². The summed E-state index contributed by atoms with van der Waals surface area (Å²) in [7, 11) is 0. The third-order valence-corrected chi connectivity index (χ3v) is 4.45. The fourth-order valence-electron chi connectivity index (χ4n) is 2.13. The molecule has 25 heavy (non-hydrogen) atoms. The first-order chi connectivity index (χ1) is 12.2. The zero-order chi connectivity index (χ0) is 17.6. The highest BCUT2D eigenvalue weighted by atomic mass is 35.5. The number of amides is 1. The molecule has 7 heteroatoms. The molecule has 1 N–H and O–H groups in total. The molecule has 2 aromatic carbocycles. The first-order valence-electron chi connectivity index (χ1n) is 7.38. The maximum Gasteiger partial charge on any atom is 0.322 e. The van der Waals surface area contributed by atoms with Crippen molar-refractivity contribution in [1.29, 1.82) is 0 Å². The average molecular weight is 372 g/mol. The summed E-state index contributed by atoms with van der Waals surface area (Å²) >= 11 is 7.62. The van der Waals surface area contributed by atoms with E-state index in [1.807, 2.05) is 48.7 Å². The summed E-state index contributed by atoms with van der Waals surface area (Å²) in [5, 5.41) is 11.0. The SMILES string of the molecule is CSc1ccccc1-c1nnc(NC(=O)/C=C/c2ccccc2Cl)o1. The van der Waals surface area contributed by atoms with Crippen molar-refractivity contribution in [1.82, 2.24) is 10.2 Å². The van der Waals surface area contributed by atoms with Crippen LogP contribution in [0.3, 0.4) is 0 Å². The van der Waals surface area contributed by atoms with Crippen molar-refractivity contribution in [2.75, 3.05) is 11.6 Å². The number of anilines is 1. The molecule has 0 saturated carbocycles. The van der Waals surface area contributed by atoms with Crippen molar-refractivity contribution >= 4 is 41.4 Å². The number of halogens is 1. The van der Waals surface area contributed by atoms with Crippen LogP contribution in [0.1, 0.15) is 5.56 Å². The lowest BCUT2D eigenvalue weighted by Gasteiger charge is -2.01. The van der Waals surface area contributed by atoms with Crippen LogP contribution in [0.2, 0.25) is 5.02 Å². The molecular formula is C18H14ClN3O2S.